The first-order valence-electron chi connectivity index (χ1n) is 8.23. The van der Waals surface area contributed by atoms with Crippen LogP contribution in [-0.4, -0.2) is 32.2 Å². The van der Waals surface area contributed by atoms with Crippen LogP contribution in [0.2, 0.25) is 5.02 Å². The molecule has 142 valence electrons. The van der Waals surface area contributed by atoms with Gasteiger partial charge in [0.1, 0.15) is 0 Å². The van der Waals surface area contributed by atoms with Crippen molar-refractivity contribution in [3.63, 3.8) is 0 Å². The number of carbonyl (C=O) groups excluding carboxylic acids is 2. The third-order valence-electron chi connectivity index (χ3n) is 3.39. The van der Waals surface area contributed by atoms with E-state index < -0.39 is 18.5 Å². The summed E-state index contributed by atoms with van der Waals surface area (Å²) < 4.78 is 15.6. The molecule has 6 nitrogen and oxygen atoms in total. The van der Waals surface area contributed by atoms with Crippen molar-refractivity contribution in [3.8, 4) is 11.5 Å². The fourth-order valence-electron chi connectivity index (χ4n) is 2.16. The number of anilines is 1. The fraction of sp³-hybridized carbons (Fsp3) is 0.200. The highest BCUT2D eigenvalue weighted by molar-refractivity contribution is 6.33. The van der Waals surface area contributed by atoms with Crippen LogP contribution in [0.3, 0.4) is 0 Å². The van der Waals surface area contributed by atoms with Crippen molar-refractivity contribution in [2.24, 2.45) is 0 Å². The van der Waals surface area contributed by atoms with Crippen molar-refractivity contribution in [1.29, 1.82) is 0 Å². The summed E-state index contributed by atoms with van der Waals surface area (Å²) in [4.78, 5) is 23.6. The van der Waals surface area contributed by atoms with Gasteiger partial charge < -0.3 is 19.5 Å². The van der Waals surface area contributed by atoms with Gasteiger partial charge in [0.2, 0.25) is 0 Å². The molecule has 0 heterocycles. The van der Waals surface area contributed by atoms with Crippen LogP contribution in [0.15, 0.2) is 48.5 Å². The van der Waals surface area contributed by atoms with Crippen LogP contribution in [0, 0.1) is 0 Å². The van der Waals surface area contributed by atoms with Crippen molar-refractivity contribution in [1.82, 2.24) is 0 Å². The Morgan fingerprint density at radius 2 is 1.93 bits per heavy atom. The lowest BCUT2D eigenvalue weighted by Gasteiger charge is -2.09. The van der Waals surface area contributed by atoms with Crippen LogP contribution in [0.25, 0.3) is 6.08 Å². The summed E-state index contributed by atoms with van der Waals surface area (Å²) in [6, 6.07) is 12.1. The number of benzene rings is 2. The Kier molecular flexibility index (Phi) is 7.70. The highest BCUT2D eigenvalue weighted by Gasteiger charge is 2.08. The van der Waals surface area contributed by atoms with Crippen LogP contribution in [0.1, 0.15) is 12.5 Å². The van der Waals surface area contributed by atoms with E-state index in [4.69, 9.17) is 25.8 Å². The molecular formula is C20H20ClNO5. The van der Waals surface area contributed by atoms with Crippen LogP contribution < -0.4 is 14.8 Å². The highest BCUT2D eigenvalue weighted by Crippen LogP contribution is 2.28. The predicted molar refractivity (Wildman–Crippen MR) is 104 cm³/mol. The number of rotatable bonds is 8. The molecule has 0 radical (unpaired) electrons. The minimum atomic E-state index is -0.641. The minimum absolute atomic E-state index is 0.404. The number of amides is 1. The summed E-state index contributed by atoms with van der Waals surface area (Å²) in [5.74, 6) is 0.0634. The lowest BCUT2D eigenvalue weighted by Crippen LogP contribution is -2.20. The van der Waals surface area contributed by atoms with Gasteiger partial charge in [-0.1, -0.05) is 29.8 Å². The second-order valence-electron chi connectivity index (χ2n) is 5.31. The molecule has 0 aliphatic rings. The SMILES string of the molecule is CCOc1cc(/C=C/C(=O)OCC(=O)Nc2ccccc2Cl)ccc1OC. The smallest absolute Gasteiger partial charge is 0.331 e. The Morgan fingerprint density at radius 3 is 2.63 bits per heavy atom. The average molecular weight is 390 g/mol. The van der Waals surface area contributed by atoms with Gasteiger partial charge in [-0.05, 0) is 42.8 Å². The zero-order chi connectivity index (χ0) is 19.6. The van der Waals surface area contributed by atoms with Crippen molar-refractivity contribution in [3.05, 3.63) is 59.1 Å². The van der Waals surface area contributed by atoms with E-state index in [1.54, 1.807) is 55.7 Å². The molecule has 1 N–H and O–H groups in total. The summed E-state index contributed by atoms with van der Waals surface area (Å²) in [5, 5.41) is 2.98. The number of carbonyl (C=O) groups is 2. The average Bonchev–Trinajstić information content (AvgIpc) is 2.67. The number of esters is 1. The topological polar surface area (TPSA) is 73.9 Å². The number of methoxy groups -OCH3 is 1. The predicted octanol–water partition coefficient (Wildman–Crippen LogP) is 3.94. The van der Waals surface area contributed by atoms with E-state index in [0.29, 0.717) is 28.8 Å². The van der Waals surface area contributed by atoms with Gasteiger partial charge in [0, 0.05) is 6.08 Å². The Hall–Kier alpha value is -2.99. The number of ether oxygens (including phenoxy) is 3. The fourth-order valence-corrected chi connectivity index (χ4v) is 2.35. The monoisotopic (exact) mass is 389 g/mol. The quantitative estimate of drug-likeness (QED) is 0.546. The Balaban J connectivity index is 1.89. The Labute approximate surface area is 162 Å². The summed E-state index contributed by atoms with van der Waals surface area (Å²) in [7, 11) is 1.55. The second-order valence-corrected chi connectivity index (χ2v) is 5.72. The van der Waals surface area contributed by atoms with Crippen LogP contribution in [0.5, 0.6) is 11.5 Å². The number of hydrogen-bond donors (Lipinski definition) is 1. The van der Waals surface area contributed by atoms with Gasteiger partial charge in [-0.3, -0.25) is 4.79 Å². The first-order valence-corrected chi connectivity index (χ1v) is 8.61. The molecule has 0 saturated heterocycles. The first kappa shape index (κ1) is 20.3. The van der Waals surface area contributed by atoms with Gasteiger partial charge in [-0.15, -0.1) is 0 Å². The van der Waals surface area contributed by atoms with E-state index >= 15 is 0 Å². The molecule has 0 atom stereocenters. The van der Waals surface area contributed by atoms with Crippen LogP contribution >= 0.6 is 11.6 Å². The molecule has 2 rings (SSSR count). The molecule has 0 bridgehead atoms. The highest BCUT2D eigenvalue weighted by atomic mass is 35.5. The zero-order valence-corrected chi connectivity index (χ0v) is 15.8. The van der Waals surface area contributed by atoms with Gasteiger partial charge in [-0.2, -0.15) is 0 Å². The molecule has 0 fully saturated rings. The molecule has 7 heteroatoms. The number of halogens is 1. The molecule has 0 aromatic heterocycles. The van der Waals surface area contributed by atoms with E-state index in [1.807, 2.05) is 6.92 Å². The molecule has 0 saturated carbocycles. The van der Waals surface area contributed by atoms with E-state index in [9.17, 15) is 9.59 Å². The van der Waals surface area contributed by atoms with E-state index in [0.717, 1.165) is 5.56 Å². The summed E-state index contributed by atoms with van der Waals surface area (Å²) in [5.41, 5.74) is 1.19. The van der Waals surface area contributed by atoms with Crippen LogP contribution in [-0.2, 0) is 14.3 Å². The van der Waals surface area contributed by atoms with Crippen molar-refractivity contribution in [2.45, 2.75) is 6.92 Å². The molecule has 0 aliphatic carbocycles. The van der Waals surface area contributed by atoms with E-state index in [1.165, 1.54) is 6.08 Å². The third-order valence-corrected chi connectivity index (χ3v) is 3.72. The van der Waals surface area contributed by atoms with Crippen LogP contribution in [0.4, 0.5) is 5.69 Å². The maximum absolute atomic E-state index is 11.8. The Bertz CT molecular complexity index is 835. The normalized spacial score (nSPS) is 10.5. The van der Waals surface area contributed by atoms with Crippen molar-refractivity contribution in [2.75, 3.05) is 25.6 Å². The minimum Gasteiger partial charge on any atom is -0.493 e. The van der Waals surface area contributed by atoms with Crippen molar-refractivity contribution >= 4 is 35.2 Å². The molecule has 0 spiro atoms. The molecule has 27 heavy (non-hydrogen) atoms. The molecule has 2 aromatic rings. The lowest BCUT2D eigenvalue weighted by molar-refractivity contribution is -0.142. The van der Waals surface area contributed by atoms with Gasteiger partial charge in [-0.25, -0.2) is 4.79 Å². The maximum atomic E-state index is 11.8. The summed E-state index contributed by atoms with van der Waals surface area (Å²) in [6.07, 6.45) is 2.80. The standard InChI is InChI=1S/C20H20ClNO5/c1-3-26-18-12-14(8-10-17(18)25-2)9-11-20(24)27-13-19(23)22-16-7-5-4-6-15(16)21/h4-12H,3,13H2,1-2H3,(H,22,23)/b11-9+. The summed E-state index contributed by atoms with van der Waals surface area (Å²) in [6.45, 7) is 1.94. The first-order chi connectivity index (χ1) is 13.0. The second kappa shape index (κ2) is 10.2. The molecule has 0 unspecified atom stereocenters. The number of hydrogen-bond acceptors (Lipinski definition) is 5. The molecule has 2 aromatic carbocycles. The number of nitrogens with one attached hydrogen (secondary N) is 1. The van der Waals surface area contributed by atoms with Gasteiger partial charge in [0.15, 0.2) is 18.1 Å². The lowest BCUT2D eigenvalue weighted by atomic mass is 10.2. The third kappa shape index (κ3) is 6.34. The van der Waals surface area contributed by atoms with Gasteiger partial charge >= 0.3 is 5.97 Å². The zero-order valence-electron chi connectivity index (χ0n) is 15.0. The van der Waals surface area contributed by atoms with Crippen molar-refractivity contribution < 1.29 is 23.8 Å². The molecule has 0 aliphatic heterocycles. The molecular weight excluding hydrogens is 370 g/mol. The van der Waals surface area contributed by atoms with Gasteiger partial charge in [0.05, 0.1) is 24.4 Å². The van der Waals surface area contributed by atoms with E-state index in [-0.39, 0.29) is 0 Å². The largest absolute Gasteiger partial charge is 0.493 e. The number of para-hydroxylation sites is 1. The summed E-state index contributed by atoms with van der Waals surface area (Å²) >= 11 is 5.95. The Morgan fingerprint density at radius 1 is 1.15 bits per heavy atom. The van der Waals surface area contributed by atoms with Gasteiger partial charge in [0.25, 0.3) is 5.91 Å². The molecule has 1 amide bonds. The van der Waals surface area contributed by atoms with E-state index in [2.05, 4.69) is 5.32 Å². The maximum Gasteiger partial charge on any atom is 0.331 e.